The van der Waals surface area contributed by atoms with E-state index in [4.69, 9.17) is 0 Å². The number of hydrogen-bond donors (Lipinski definition) is 1. The van der Waals surface area contributed by atoms with Gasteiger partial charge in [0.15, 0.2) is 0 Å². The van der Waals surface area contributed by atoms with Crippen molar-refractivity contribution in [2.45, 2.75) is 31.6 Å². The Bertz CT molecular complexity index is 333. The highest BCUT2D eigenvalue weighted by atomic mass is 32.2. The summed E-state index contributed by atoms with van der Waals surface area (Å²) >= 11 is 2.00. The van der Waals surface area contributed by atoms with Crippen LogP contribution in [0.1, 0.15) is 24.0 Å². The van der Waals surface area contributed by atoms with Gasteiger partial charge in [-0.05, 0) is 49.6 Å². The average Bonchev–Trinajstić information content (AvgIpc) is 2.07. The summed E-state index contributed by atoms with van der Waals surface area (Å²) in [7, 11) is 0. The van der Waals surface area contributed by atoms with Crippen LogP contribution in [-0.2, 0) is 0 Å². The topological polar surface area (TPSA) is 12.0 Å². The molecule has 1 nitrogen and oxygen atoms in total. The lowest BCUT2D eigenvalue weighted by Gasteiger charge is -2.18. The standard InChI is InChI=1S/C12H17NS/c1-9-7-10(2)12-11(8-9)13-5-3-4-6-14-12/h7-8,13H,3-6H2,1-2H3. The molecule has 1 aromatic rings. The molecule has 1 aliphatic heterocycles. The first kappa shape index (κ1) is 9.91. The summed E-state index contributed by atoms with van der Waals surface area (Å²) in [6.07, 6.45) is 2.61. The largest absolute Gasteiger partial charge is 0.384 e. The van der Waals surface area contributed by atoms with Crippen molar-refractivity contribution in [3.8, 4) is 0 Å². The molecule has 1 N–H and O–H groups in total. The molecule has 0 saturated carbocycles. The molecule has 1 aliphatic rings. The third kappa shape index (κ3) is 2.06. The van der Waals surface area contributed by atoms with Crippen LogP contribution in [0.5, 0.6) is 0 Å². The van der Waals surface area contributed by atoms with E-state index in [9.17, 15) is 0 Å². The Kier molecular flexibility index (Phi) is 3.02. The van der Waals surface area contributed by atoms with Crippen LogP contribution in [0.2, 0.25) is 0 Å². The van der Waals surface area contributed by atoms with Gasteiger partial charge in [0.1, 0.15) is 0 Å². The second-order valence-electron chi connectivity index (χ2n) is 3.94. The Hall–Kier alpha value is -0.630. The maximum absolute atomic E-state index is 3.53. The van der Waals surface area contributed by atoms with Gasteiger partial charge in [-0.25, -0.2) is 0 Å². The first-order valence-corrected chi connectivity index (χ1v) is 6.24. The van der Waals surface area contributed by atoms with Crippen molar-refractivity contribution in [3.05, 3.63) is 23.3 Å². The summed E-state index contributed by atoms with van der Waals surface area (Å²) in [6, 6.07) is 4.54. The molecule has 0 atom stereocenters. The molecule has 1 heterocycles. The summed E-state index contributed by atoms with van der Waals surface area (Å²) in [5, 5.41) is 3.53. The van der Waals surface area contributed by atoms with E-state index in [2.05, 4.69) is 31.3 Å². The van der Waals surface area contributed by atoms with Crippen LogP contribution in [-0.4, -0.2) is 12.3 Å². The third-order valence-corrected chi connectivity index (χ3v) is 3.88. The van der Waals surface area contributed by atoms with Gasteiger partial charge in [0.05, 0.1) is 0 Å². The lowest BCUT2D eigenvalue weighted by molar-refractivity contribution is 0.834. The smallest absolute Gasteiger partial charge is 0.0483 e. The van der Waals surface area contributed by atoms with Gasteiger partial charge < -0.3 is 5.32 Å². The fourth-order valence-electron chi connectivity index (χ4n) is 1.90. The molecule has 0 bridgehead atoms. The van der Waals surface area contributed by atoms with Crippen molar-refractivity contribution in [2.24, 2.45) is 0 Å². The van der Waals surface area contributed by atoms with Crippen molar-refractivity contribution < 1.29 is 0 Å². The molecule has 14 heavy (non-hydrogen) atoms. The van der Waals surface area contributed by atoms with Crippen molar-refractivity contribution in [3.63, 3.8) is 0 Å². The molecule has 0 aromatic heterocycles. The van der Waals surface area contributed by atoms with Gasteiger partial charge in [0.2, 0.25) is 0 Å². The number of aryl methyl sites for hydroxylation is 2. The van der Waals surface area contributed by atoms with E-state index in [1.807, 2.05) is 11.8 Å². The fourth-order valence-corrected chi connectivity index (χ4v) is 3.03. The summed E-state index contributed by atoms with van der Waals surface area (Å²) in [4.78, 5) is 1.45. The number of rotatable bonds is 0. The molecule has 2 rings (SSSR count). The van der Waals surface area contributed by atoms with Gasteiger partial charge in [0.25, 0.3) is 0 Å². The molecule has 0 saturated heterocycles. The number of fused-ring (bicyclic) bond motifs is 1. The van der Waals surface area contributed by atoms with E-state index in [1.54, 1.807) is 0 Å². The van der Waals surface area contributed by atoms with E-state index in [-0.39, 0.29) is 0 Å². The maximum atomic E-state index is 3.53. The predicted molar refractivity (Wildman–Crippen MR) is 64.4 cm³/mol. The summed E-state index contributed by atoms with van der Waals surface area (Å²) in [6.45, 7) is 5.50. The Morgan fingerprint density at radius 2 is 2.07 bits per heavy atom. The lowest BCUT2D eigenvalue weighted by Crippen LogP contribution is -2.07. The van der Waals surface area contributed by atoms with Crippen LogP contribution in [0.15, 0.2) is 17.0 Å². The monoisotopic (exact) mass is 207 g/mol. The minimum Gasteiger partial charge on any atom is -0.384 e. The number of hydrogen-bond acceptors (Lipinski definition) is 2. The first-order chi connectivity index (χ1) is 6.77. The Morgan fingerprint density at radius 1 is 1.21 bits per heavy atom. The molecule has 0 unspecified atom stereocenters. The van der Waals surface area contributed by atoms with Gasteiger partial charge in [0, 0.05) is 17.1 Å². The molecule has 0 fully saturated rings. The molecular weight excluding hydrogens is 190 g/mol. The second-order valence-corrected chi connectivity index (χ2v) is 5.05. The number of nitrogens with one attached hydrogen (secondary N) is 1. The van der Waals surface area contributed by atoms with E-state index >= 15 is 0 Å². The van der Waals surface area contributed by atoms with Crippen molar-refractivity contribution >= 4 is 17.4 Å². The van der Waals surface area contributed by atoms with Gasteiger partial charge in [-0.3, -0.25) is 0 Å². The number of anilines is 1. The lowest BCUT2D eigenvalue weighted by atomic mass is 10.1. The van der Waals surface area contributed by atoms with E-state index in [1.165, 1.54) is 40.3 Å². The van der Waals surface area contributed by atoms with Gasteiger partial charge in [-0.1, -0.05) is 6.07 Å². The zero-order valence-corrected chi connectivity index (χ0v) is 9.71. The Morgan fingerprint density at radius 3 is 2.93 bits per heavy atom. The number of benzene rings is 1. The Labute approximate surface area is 90.3 Å². The van der Waals surface area contributed by atoms with Crippen molar-refractivity contribution in [1.82, 2.24) is 0 Å². The highest BCUT2D eigenvalue weighted by Gasteiger charge is 2.09. The van der Waals surface area contributed by atoms with Crippen LogP contribution in [0.25, 0.3) is 0 Å². The summed E-state index contributed by atoms with van der Waals surface area (Å²) < 4.78 is 0. The Balaban J connectivity index is 2.39. The number of thioether (sulfide) groups is 1. The minimum absolute atomic E-state index is 1.12. The molecule has 76 valence electrons. The van der Waals surface area contributed by atoms with E-state index in [0.29, 0.717) is 0 Å². The second kappa shape index (κ2) is 4.26. The van der Waals surface area contributed by atoms with Gasteiger partial charge >= 0.3 is 0 Å². The molecule has 0 aliphatic carbocycles. The maximum Gasteiger partial charge on any atom is 0.0483 e. The zero-order chi connectivity index (χ0) is 9.97. The molecule has 1 aromatic carbocycles. The van der Waals surface area contributed by atoms with Crippen LogP contribution in [0.4, 0.5) is 5.69 Å². The zero-order valence-electron chi connectivity index (χ0n) is 8.89. The molecule has 0 spiro atoms. The predicted octanol–water partition coefficient (Wildman–Crippen LogP) is 3.60. The van der Waals surface area contributed by atoms with Crippen LogP contribution in [0.3, 0.4) is 0 Å². The molecule has 2 heteroatoms. The highest BCUT2D eigenvalue weighted by molar-refractivity contribution is 7.99. The van der Waals surface area contributed by atoms with Crippen molar-refractivity contribution in [2.75, 3.05) is 17.6 Å². The van der Waals surface area contributed by atoms with Crippen LogP contribution in [0, 0.1) is 13.8 Å². The fraction of sp³-hybridized carbons (Fsp3) is 0.500. The summed E-state index contributed by atoms with van der Waals surface area (Å²) in [5.41, 5.74) is 4.11. The molecule has 0 amide bonds. The molecular formula is C12H17NS. The highest BCUT2D eigenvalue weighted by Crippen LogP contribution is 2.33. The van der Waals surface area contributed by atoms with Crippen LogP contribution >= 0.6 is 11.8 Å². The van der Waals surface area contributed by atoms with E-state index < -0.39 is 0 Å². The normalized spacial score (nSPS) is 16.4. The summed E-state index contributed by atoms with van der Waals surface area (Å²) in [5.74, 6) is 1.26. The van der Waals surface area contributed by atoms with Gasteiger partial charge in [-0.15, -0.1) is 11.8 Å². The van der Waals surface area contributed by atoms with Crippen molar-refractivity contribution in [1.29, 1.82) is 0 Å². The van der Waals surface area contributed by atoms with E-state index in [0.717, 1.165) is 6.54 Å². The van der Waals surface area contributed by atoms with Gasteiger partial charge in [-0.2, -0.15) is 0 Å². The SMILES string of the molecule is Cc1cc(C)c2c(c1)NCCCCS2. The minimum atomic E-state index is 1.12. The third-order valence-electron chi connectivity index (χ3n) is 2.55. The van der Waals surface area contributed by atoms with Crippen LogP contribution < -0.4 is 5.32 Å². The average molecular weight is 207 g/mol. The quantitative estimate of drug-likeness (QED) is 0.697. The first-order valence-electron chi connectivity index (χ1n) is 5.25. The molecule has 0 radical (unpaired) electrons.